The van der Waals surface area contributed by atoms with E-state index >= 15 is 0 Å². The molecule has 1 atom stereocenters. The fourth-order valence-electron chi connectivity index (χ4n) is 5.86. The largest absolute Gasteiger partial charge is 0.493 e. The first-order chi connectivity index (χ1) is 15.5. The monoisotopic (exact) mass is 461 g/mol. The lowest BCUT2D eigenvalue weighted by Crippen LogP contribution is -2.53. The van der Waals surface area contributed by atoms with Gasteiger partial charge in [-0.3, -0.25) is 14.6 Å². The predicted octanol–water partition coefficient (Wildman–Crippen LogP) is 1.70. The molecule has 0 aromatic heterocycles. The van der Waals surface area contributed by atoms with Crippen LogP contribution in [-0.4, -0.2) is 91.9 Å². The van der Waals surface area contributed by atoms with Crippen molar-refractivity contribution in [3.63, 3.8) is 0 Å². The molecule has 0 unspecified atom stereocenters. The third-order valence-electron chi connectivity index (χ3n) is 7.59. The molecule has 0 radical (unpaired) electrons. The maximum absolute atomic E-state index is 13.3. The second-order valence-electron chi connectivity index (χ2n) is 9.89. The molecule has 3 aliphatic heterocycles. The molecule has 1 aliphatic carbocycles. The standard InChI is InChI=1S/C24H35N3O4S/c28-24(27(21-3-1-2-4-21)22-8-14-32(29,30)18-22)17-26-11-9-25(10-12-26)16-19-5-6-23-20(15-19)7-13-31-23/h5-6,15,21-22H,1-4,7-14,16-18H2/t22-/m0/s1. The topological polar surface area (TPSA) is 70.2 Å². The van der Waals surface area contributed by atoms with Crippen LogP contribution in [0.25, 0.3) is 0 Å². The summed E-state index contributed by atoms with van der Waals surface area (Å²) in [5.74, 6) is 1.53. The van der Waals surface area contributed by atoms with Crippen molar-refractivity contribution in [2.75, 3.05) is 50.8 Å². The lowest BCUT2D eigenvalue weighted by Gasteiger charge is -2.38. The number of ether oxygens (including phenoxy) is 1. The number of amides is 1. The Labute approximate surface area is 191 Å². The van der Waals surface area contributed by atoms with Crippen LogP contribution in [0.4, 0.5) is 0 Å². The highest BCUT2D eigenvalue weighted by atomic mass is 32.2. The van der Waals surface area contributed by atoms with Crippen molar-refractivity contribution in [1.82, 2.24) is 14.7 Å². The SMILES string of the molecule is O=C(CN1CCN(Cc2ccc3c(c2)CCO3)CC1)N(C1CCCC1)[C@H]1CCS(=O)(=O)C1. The van der Waals surface area contributed by atoms with E-state index in [1.54, 1.807) is 0 Å². The molecule has 1 amide bonds. The second kappa shape index (κ2) is 9.31. The molecule has 176 valence electrons. The zero-order chi connectivity index (χ0) is 22.1. The first-order valence-corrected chi connectivity index (χ1v) is 14.0. The summed E-state index contributed by atoms with van der Waals surface area (Å²) in [5.41, 5.74) is 2.64. The van der Waals surface area contributed by atoms with Crippen LogP contribution in [-0.2, 0) is 27.6 Å². The Kier molecular flexibility index (Phi) is 6.45. The maximum Gasteiger partial charge on any atom is 0.237 e. The molecule has 0 bridgehead atoms. The molecule has 8 heteroatoms. The zero-order valence-corrected chi connectivity index (χ0v) is 19.7. The van der Waals surface area contributed by atoms with Gasteiger partial charge in [0.05, 0.1) is 24.7 Å². The number of fused-ring (bicyclic) bond motifs is 1. The van der Waals surface area contributed by atoms with Gasteiger partial charge >= 0.3 is 0 Å². The summed E-state index contributed by atoms with van der Waals surface area (Å²) in [6, 6.07) is 6.63. The van der Waals surface area contributed by atoms with Crippen molar-refractivity contribution >= 4 is 15.7 Å². The molecule has 7 nitrogen and oxygen atoms in total. The highest BCUT2D eigenvalue weighted by molar-refractivity contribution is 7.91. The van der Waals surface area contributed by atoms with Gasteiger partial charge in [-0.15, -0.1) is 0 Å². The first-order valence-electron chi connectivity index (χ1n) is 12.2. The number of piperazine rings is 1. The van der Waals surface area contributed by atoms with Gasteiger partial charge in [-0.05, 0) is 36.5 Å². The summed E-state index contributed by atoms with van der Waals surface area (Å²) < 4.78 is 29.7. The van der Waals surface area contributed by atoms with Crippen LogP contribution < -0.4 is 4.74 Å². The van der Waals surface area contributed by atoms with E-state index in [-0.39, 0.29) is 29.5 Å². The van der Waals surface area contributed by atoms with Crippen LogP contribution >= 0.6 is 0 Å². The molecule has 3 heterocycles. The van der Waals surface area contributed by atoms with E-state index in [1.165, 1.54) is 11.1 Å². The van der Waals surface area contributed by atoms with Crippen molar-refractivity contribution in [2.24, 2.45) is 0 Å². The van der Waals surface area contributed by atoms with Crippen LogP contribution in [0.1, 0.15) is 43.2 Å². The van der Waals surface area contributed by atoms with Crippen molar-refractivity contribution in [1.29, 1.82) is 0 Å². The Morgan fingerprint density at radius 2 is 1.78 bits per heavy atom. The third kappa shape index (κ3) is 4.97. The van der Waals surface area contributed by atoms with Crippen LogP contribution in [0, 0.1) is 0 Å². The summed E-state index contributed by atoms with van der Waals surface area (Å²) in [6.07, 6.45) is 5.91. The Morgan fingerprint density at radius 1 is 1.03 bits per heavy atom. The average Bonchev–Trinajstić information content (AvgIpc) is 3.51. The number of carbonyl (C=O) groups is 1. The highest BCUT2D eigenvalue weighted by Gasteiger charge is 2.39. The van der Waals surface area contributed by atoms with Crippen molar-refractivity contribution in [3.05, 3.63) is 29.3 Å². The summed E-state index contributed by atoms with van der Waals surface area (Å²) >= 11 is 0. The maximum atomic E-state index is 13.3. The second-order valence-corrected chi connectivity index (χ2v) is 12.1. The molecule has 32 heavy (non-hydrogen) atoms. The van der Waals surface area contributed by atoms with E-state index in [9.17, 15) is 13.2 Å². The van der Waals surface area contributed by atoms with Crippen molar-refractivity contribution in [2.45, 2.75) is 57.2 Å². The van der Waals surface area contributed by atoms with Crippen molar-refractivity contribution < 1.29 is 17.9 Å². The van der Waals surface area contributed by atoms with Crippen LogP contribution in [0.3, 0.4) is 0 Å². The van der Waals surface area contributed by atoms with E-state index in [0.29, 0.717) is 13.0 Å². The molecule has 4 aliphatic rings. The Bertz CT molecular complexity index is 937. The van der Waals surface area contributed by atoms with E-state index in [4.69, 9.17) is 4.74 Å². The fraction of sp³-hybridized carbons (Fsp3) is 0.708. The van der Waals surface area contributed by atoms with Gasteiger partial charge in [-0.2, -0.15) is 0 Å². The molecule has 2 saturated heterocycles. The van der Waals surface area contributed by atoms with E-state index in [2.05, 4.69) is 28.0 Å². The summed E-state index contributed by atoms with van der Waals surface area (Å²) in [6.45, 7) is 5.78. The molecule has 0 spiro atoms. The number of benzene rings is 1. The van der Waals surface area contributed by atoms with E-state index in [0.717, 1.165) is 77.2 Å². The van der Waals surface area contributed by atoms with Crippen LogP contribution in [0.15, 0.2) is 18.2 Å². The minimum absolute atomic E-state index is 0.124. The predicted molar refractivity (Wildman–Crippen MR) is 124 cm³/mol. The van der Waals surface area contributed by atoms with Gasteiger partial charge in [0, 0.05) is 51.2 Å². The molecule has 5 rings (SSSR count). The van der Waals surface area contributed by atoms with Gasteiger partial charge in [0.1, 0.15) is 5.75 Å². The number of rotatable bonds is 6. The molecule has 3 fully saturated rings. The minimum Gasteiger partial charge on any atom is -0.493 e. The first kappa shape index (κ1) is 22.2. The van der Waals surface area contributed by atoms with Gasteiger partial charge in [-0.25, -0.2) is 8.42 Å². The number of hydrogen-bond donors (Lipinski definition) is 0. The Balaban J connectivity index is 1.15. The van der Waals surface area contributed by atoms with E-state index < -0.39 is 9.84 Å². The van der Waals surface area contributed by atoms with Gasteiger partial charge in [0.15, 0.2) is 9.84 Å². The molecular weight excluding hydrogens is 426 g/mol. The molecule has 0 N–H and O–H groups in total. The highest BCUT2D eigenvalue weighted by Crippen LogP contribution is 2.30. The average molecular weight is 462 g/mol. The molecule has 1 aromatic carbocycles. The van der Waals surface area contributed by atoms with E-state index in [1.807, 2.05) is 4.90 Å². The smallest absolute Gasteiger partial charge is 0.237 e. The number of carbonyl (C=O) groups excluding carboxylic acids is 1. The minimum atomic E-state index is -3.00. The summed E-state index contributed by atoms with van der Waals surface area (Å²) in [4.78, 5) is 20.0. The Hall–Kier alpha value is -1.64. The van der Waals surface area contributed by atoms with Gasteiger partial charge in [-0.1, -0.05) is 25.0 Å². The van der Waals surface area contributed by atoms with Gasteiger partial charge < -0.3 is 9.64 Å². The summed E-state index contributed by atoms with van der Waals surface area (Å²) in [7, 11) is -3.00. The molecular formula is C24H35N3O4S. The number of hydrogen-bond acceptors (Lipinski definition) is 6. The zero-order valence-electron chi connectivity index (χ0n) is 18.9. The lowest BCUT2D eigenvalue weighted by atomic mass is 10.1. The van der Waals surface area contributed by atoms with Crippen molar-refractivity contribution in [3.8, 4) is 5.75 Å². The molecule has 1 aromatic rings. The molecule has 1 saturated carbocycles. The van der Waals surface area contributed by atoms with Gasteiger partial charge in [0.25, 0.3) is 0 Å². The quantitative estimate of drug-likeness (QED) is 0.642. The van der Waals surface area contributed by atoms with Crippen LogP contribution in [0.2, 0.25) is 0 Å². The third-order valence-corrected chi connectivity index (χ3v) is 9.34. The normalized spacial score (nSPS) is 26.2. The number of sulfone groups is 1. The summed E-state index contributed by atoms with van der Waals surface area (Å²) in [5, 5.41) is 0. The fourth-order valence-corrected chi connectivity index (χ4v) is 7.57. The Morgan fingerprint density at radius 3 is 2.50 bits per heavy atom. The number of nitrogens with zero attached hydrogens (tertiary/aromatic N) is 3. The van der Waals surface area contributed by atoms with Crippen LogP contribution in [0.5, 0.6) is 5.75 Å². The van der Waals surface area contributed by atoms with Gasteiger partial charge in [0.2, 0.25) is 5.91 Å². The lowest BCUT2D eigenvalue weighted by molar-refractivity contribution is -0.137.